The summed E-state index contributed by atoms with van der Waals surface area (Å²) in [7, 11) is 0. The van der Waals surface area contributed by atoms with E-state index in [2.05, 4.69) is 16.7 Å². The van der Waals surface area contributed by atoms with Crippen LogP contribution in [0.5, 0.6) is 0 Å². The third kappa shape index (κ3) is 2.81. The van der Waals surface area contributed by atoms with Gasteiger partial charge in [0.25, 0.3) is 0 Å². The minimum atomic E-state index is -0.767. The van der Waals surface area contributed by atoms with Gasteiger partial charge in [0.1, 0.15) is 6.04 Å². The number of nitriles is 1. The smallest absolute Gasteiger partial charge is 0.330 e. The molecule has 0 bridgehead atoms. The highest BCUT2D eigenvalue weighted by atomic mass is 16.2. The molecular formula is C19H18N4O2. The number of allylic oxidation sites excluding steroid dienone is 1. The maximum absolute atomic E-state index is 12.5. The van der Waals surface area contributed by atoms with Crippen molar-refractivity contribution >= 4 is 22.8 Å². The lowest BCUT2D eigenvalue weighted by Crippen LogP contribution is -2.53. The number of nitrogens with zero attached hydrogens (tertiary/aromatic N) is 2. The standard InChI is InChI=1S/C19H18N4O2/c1-3-21-18(24)23-17(16(11-20)12(2)22-19(23)25)15-10-6-8-13-7-4-5-9-14(13)15/h4-10,17H,3H2,1-2H3,(H,21,24)(H,22,25). The molecule has 2 N–H and O–H groups in total. The number of amides is 4. The highest BCUT2D eigenvalue weighted by Gasteiger charge is 2.39. The lowest BCUT2D eigenvalue weighted by Gasteiger charge is -2.35. The molecule has 2 aromatic rings. The molecular weight excluding hydrogens is 316 g/mol. The summed E-state index contributed by atoms with van der Waals surface area (Å²) in [5.74, 6) is 0. The molecule has 0 radical (unpaired) electrons. The van der Waals surface area contributed by atoms with Crippen LogP contribution in [0.3, 0.4) is 0 Å². The molecule has 1 aliphatic heterocycles. The summed E-state index contributed by atoms with van der Waals surface area (Å²) < 4.78 is 0. The van der Waals surface area contributed by atoms with Crippen LogP contribution >= 0.6 is 0 Å². The number of hydrogen-bond acceptors (Lipinski definition) is 3. The third-order valence-corrected chi connectivity index (χ3v) is 4.23. The summed E-state index contributed by atoms with van der Waals surface area (Å²) in [6.45, 7) is 3.83. The molecule has 1 heterocycles. The first-order valence-corrected chi connectivity index (χ1v) is 8.05. The van der Waals surface area contributed by atoms with Crippen LogP contribution < -0.4 is 10.6 Å². The van der Waals surface area contributed by atoms with E-state index in [1.807, 2.05) is 42.5 Å². The molecule has 0 spiro atoms. The molecule has 4 amide bonds. The van der Waals surface area contributed by atoms with Crippen LogP contribution in [-0.4, -0.2) is 23.5 Å². The second kappa shape index (κ2) is 6.65. The summed E-state index contributed by atoms with van der Waals surface area (Å²) in [5, 5.41) is 16.8. The van der Waals surface area contributed by atoms with E-state index in [9.17, 15) is 14.9 Å². The molecule has 1 atom stereocenters. The van der Waals surface area contributed by atoms with Gasteiger partial charge in [-0.1, -0.05) is 42.5 Å². The molecule has 0 aromatic heterocycles. The van der Waals surface area contributed by atoms with E-state index in [0.29, 0.717) is 17.8 Å². The number of urea groups is 2. The first-order valence-electron chi connectivity index (χ1n) is 8.05. The van der Waals surface area contributed by atoms with Gasteiger partial charge in [-0.15, -0.1) is 0 Å². The van der Waals surface area contributed by atoms with Crippen molar-refractivity contribution in [2.45, 2.75) is 19.9 Å². The zero-order chi connectivity index (χ0) is 18.0. The number of carbonyl (C=O) groups excluding carboxylic acids is 2. The summed E-state index contributed by atoms with van der Waals surface area (Å²) in [5.41, 5.74) is 1.56. The molecule has 126 valence electrons. The van der Waals surface area contributed by atoms with Crippen molar-refractivity contribution in [2.75, 3.05) is 6.54 Å². The Morgan fingerprint density at radius 1 is 1.28 bits per heavy atom. The summed E-state index contributed by atoms with van der Waals surface area (Å²) in [4.78, 5) is 26.1. The van der Waals surface area contributed by atoms with Gasteiger partial charge in [0.15, 0.2) is 0 Å². The molecule has 0 aliphatic carbocycles. The van der Waals surface area contributed by atoms with Crippen LogP contribution in [0.15, 0.2) is 53.7 Å². The Hall–Kier alpha value is -3.33. The van der Waals surface area contributed by atoms with Crippen molar-refractivity contribution in [3.63, 3.8) is 0 Å². The quantitative estimate of drug-likeness (QED) is 0.882. The summed E-state index contributed by atoms with van der Waals surface area (Å²) in [6, 6.07) is 13.7. The van der Waals surface area contributed by atoms with Crippen LogP contribution in [0.2, 0.25) is 0 Å². The van der Waals surface area contributed by atoms with E-state index in [1.165, 1.54) is 0 Å². The Morgan fingerprint density at radius 2 is 2.00 bits per heavy atom. The van der Waals surface area contributed by atoms with Crippen LogP contribution in [-0.2, 0) is 0 Å². The fourth-order valence-corrected chi connectivity index (χ4v) is 3.11. The molecule has 25 heavy (non-hydrogen) atoms. The molecule has 1 aliphatic rings. The van der Waals surface area contributed by atoms with Crippen LogP contribution in [0.25, 0.3) is 10.8 Å². The summed E-state index contributed by atoms with van der Waals surface area (Å²) >= 11 is 0. The van der Waals surface area contributed by atoms with Gasteiger partial charge in [-0.25, -0.2) is 14.5 Å². The largest absolute Gasteiger partial charge is 0.338 e. The predicted molar refractivity (Wildman–Crippen MR) is 94.4 cm³/mol. The highest BCUT2D eigenvalue weighted by molar-refractivity contribution is 5.98. The monoisotopic (exact) mass is 334 g/mol. The molecule has 6 heteroatoms. The molecule has 0 saturated heterocycles. The van der Waals surface area contributed by atoms with E-state index >= 15 is 0 Å². The Labute approximate surface area is 145 Å². The average molecular weight is 334 g/mol. The van der Waals surface area contributed by atoms with Gasteiger partial charge in [-0.05, 0) is 30.2 Å². The topological polar surface area (TPSA) is 85.2 Å². The second-order valence-corrected chi connectivity index (χ2v) is 5.76. The predicted octanol–water partition coefficient (Wildman–Crippen LogP) is 3.43. The minimum absolute atomic E-state index is 0.349. The molecule has 3 rings (SSSR count). The highest BCUT2D eigenvalue weighted by Crippen LogP contribution is 2.36. The van der Waals surface area contributed by atoms with Gasteiger partial charge in [0.05, 0.1) is 11.6 Å². The zero-order valence-electron chi connectivity index (χ0n) is 14.0. The van der Waals surface area contributed by atoms with Gasteiger partial charge in [-0.2, -0.15) is 5.26 Å². The van der Waals surface area contributed by atoms with E-state index in [0.717, 1.165) is 21.2 Å². The lowest BCUT2D eigenvalue weighted by molar-refractivity contribution is 0.174. The maximum Gasteiger partial charge on any atom is 0.330 e. The van der Waals surface area contributed by atoms with Crippen molar-refractivity contribution in [3.05, 3.63) is 59.3 Å². The van der Waals surface area contributed by atoms with E-state index in [1.54, 1.807) is 13.8 Å². The first kappa shape index (κ1) is 16.5. The van der Waals surface area contributed by atoms with Crippen molar-refractivity contribution in [1.29, 1.82) is 5.26 Å². The van der Waals surface area contributed by atoms with Gasteiger partial charge in [0.2, 0.25) is 0 Å². The molecule has 2 aromatic carbocycles. The number of nitrogens with one attached hydrogen (secondary N) is 2. The van der Waals surface area contributed by atoms with Gasteiger partial charge >= 0.3 is 12.1 Å². The van der Waals surface area contributed by atoms with Crippen LogP contribution in [0, 0.1) is 11.3 Å². The van der Waals surface area contributed by atoms with Gasteiger partial charge in [-0.3, -0.25) is 0 Å². The fraction of sp³-hybridized carbons (Fsp3) is 0.211. The summed E-state index contributed by atoms with van der Waals surface area (Å²) in [6.07, 6.45) is 0. The number of benzene rings is 2. The van der Waals surface area contributed by atoms with E-state index in [-0.39, 0.29) is 0 Å². The number of imide groups is 1. The van der Waals surface area contributed by atoms with Crippen LogP contribution in [0.4, 0.5) is 9.59 Å². The third-order valence-electron chi connectivity index (χ3n) is 4.23. The Kier molecular flexibility index (Phi) is 4.40. The molecule has 1 unspecified atom stereocenters. The zero-order valence-corrected chi connectivity index (χ0v) is 14.0. The normalized spacial score (nSPS) is 17.2. The maximum atomic E-state index is 12.5. The molecule has 0 saturated carbocycles. The minimum Gasteiger partial charge on any atom is -0.338 e. The SMILES string of the molecule is CCNC(=O)N1C(=O)NC(C)=C(C#N)C1c1cccc2ccccc12. The number of rotatable bonds is 2. The van der Waals surface area contributed by atoms with Crippen LogP contribution in [0.1, 0.15) is 25.5 Å². The Balaban J connectivity index is 2.25. The fourth-order valence-electron chi connectivity index (χ4n) is 3.11. The Bertz CT molecular complexity index is 921. The van der Waals surface area contributed by atoms with Crippen molar-refractivity contribution in [3.8, 4) is 6.07 Å². The number of fused-ring (bicyclic) bond motifs is 1. The first-order chi connectivity index (χ1) is 12.1. The van der Waals surface area contributed by atoms with Gasteiger partial charge in [0, 0.05) is 12.2 Å². The van der Waals surface area contributed by atoms with Crippen molar-refractivity contribution < 1.29 is 9.59 Å². The molecule has 0 fully saturated rings. The Morgan fingerprint density at radius 3 is 2.72 bits per heavy atom. The van der Waals surface area contributed by atoms with E-state index in [4.69, 9.17) is 0 Å². The average Bonchev–Trinajstić information content (AvgIpc) is 2.60. The van der Waals surface area contributed by atoms with Gasteiger partial charge < -0.3 is 10.6 Å². The lowest BCUT2D eigenvalue weighted by atomic mass is 9.91. The number of carbonyl (C=O) groups is 2. The molecule has 6 nitrogen and oxygen atoms in total. The second-order valence-electron chi connectivity index (χ2n) is 5.76. The van der Waals surface area contributed by atoms with Crippen molar-refractivity contribution in [2.24, 2.45) is 0 Å². The van der Waals surface area contributed by atoms with E-state index < -0.39 is 18.1 Å². The number of hydrogen-bond donors (Lipinski definition) is 2. The van der Waals surface area contributed by atoms with Crippen molar-refractivity contribution in [1.82, 2.24) is 15.5 Å².